The van der Waals surface area contributed by atoms with Crippen molar-refractivity contribution in [2.45, 2.75) is 0 Å². The second-order valence-electron chi connectivity index (χ2n) is 3.77. The molecule has 2 rings (SSSR count). The van der Waals surface area contributed by atoms with Gasteiger partial charge < -0.3 is 10.4 Å². The van der Waals surface area contributed by atoms with Gasteiger partial charge in [0.25, 0.3) is 5.91 Å². The molecule has 0 radical (unpaired) electrons. The highest BCUT2D eigenvalue weighted by atomic mass is 32.1. The summed E-state index contributed by atoms with van der Waals surface area (Å²) in [5.74, 6) is 3.13. The van der Waals surface area contributed by atoms with Crippen LogP contribution in [0.2, 0.25) is 0 Å². The van der Waals surface area contributed by atoms with Gasteiger partial charge in [0.2, 0.25) is 0 Å². The fraction of sp³-hybridized carbons (Fsp3) is 0.0714. The van der Waals surface area contributed by atoms with Crippen LogP contribution < -0.4 is 5.32 Å². The number of aliphatic hydroxyl groups excluding tert-OH is 1. The number of anilines is 1. The lowest BCUT2D eigenvalue weighted by molar-refractivity contribution is 0.102. The predicted molar refractivity (Wildman–Crippen MR) is 72.6 cm³/mol. The Balaban J connectivity index is 2.13. The van der Waals surface area contributed by atoms with Crippen molar-refractivity contribution in [3.8, 4) is 11.8 Å². The summed E-state index contributed by atoms with van der Waals surface area (Å²) in [5, 5.41) is 12.5. The second kappa shape index (κ2) is 6.28. The summed E-state index contributed by atoms with van der Waals surface area (Å²) in [6.07, 6.45) is 0. The van der Waals surface area contributed by atoms with E-state index in [1.165, 1.54) is 17.4 Å². The van der Waals surface area contributed by atoms with Crippen molar-refractivity contribution in [3.05, 3.63) is 51.7 Å². The van der Waals surface area contributed by atoms with E-state index in [-0.39, 0.29) is 12.3 Å². The first-order chi connectivity index (χ1) is 9.58. The van der Waals surface area contributed by atoms with Gasteiger partial charge in [-0.05, 0) is 18.2 Å². The first-order valence-electron chi connectivity index (χ1n) is 5.54. The molecular weight excluding hydrogens is 284 g/mol. The van der Waals surface area contributed by atoms with Crippen molar-refractivity contribution >= 4 is 22.9 Å². The maximum atomic E-state index is 13.0. The van der Waals surface area contributed by atoms with Gasteiger partial charge in [-0.25, -0.2) is 8.78 Å². The van der Waals surface area contributed by atoms with E-state index in [4.69, 9.17) is 5.11 Å². The molecule has 0 saturated heterocycles. The van der Waals surface area contributed by atoms with Crippen LogP contribution in [0.1, 0.15) is 15.2 Å². The van der Waals surface area contributed by atoms with Crippen LogP contribution >= 0.6 is 11.3 Å². The number of aliphatic hydroxyl groups is 1. The van der Waals surface area contributed by atoms with Gasteiger partial charge in [0, 0.05) is 17.1 Å². The number of halogens is 2. The Morgan fingerprint density at radius 3 is 2.60 bits per heavy atom. The molecule has 1 heterocycles. The minimum Gasteiger partial charge on any atom is -0.384 e. The number of hydrogen-bond acceptors (Lipinski definition) is 3. The summed E-state index contributed by atoms with van der Waals surface area (Å²) in [5.41, 5.74) is 0.378. The number of rotatable bonds is 2. The zero-order chi connectivity index (χ0) is 14.5. The molecule has 0 aliphatic rings. The van der Waals surface area contributed by atoms with E-state index in [1.54, 1.807) is 5.38 Å². The van der Waals surface area contributed by atoms with Gasteiger partial charge in [-0.3, -0.25) is 4.79 Å². The minimum atomic E-state index is -0.764. The fourth-order valence-electron chi connectivity index (χ4n) is 1.48. The minimum absolute atomic E-state index is 0.0432. The van der Waals surface area contributed by atoms with Crippen LogP contribution in [0.25, 0.3) is 0 Å². The molecular formula is C14H9F2NO2S. The van der Waals surface area contributed by atoms with E-state index in [2.05, 4.69) is 17.2 Å². The van der Waals surface area contributed by atoms with Gasteiger partial charge in [-0.2, -0.15) is 0 Å². The maximum Gasteiger partial charge on any atom is 0.256 e. The summed E-state index contributed by atoms with van der Waals surface area (Å²) >= 11 is 1.24. The van der Waals surface area contributed by atoms with E-state index in [0.717, 1.165) is 18.2 Å². The first-order valence-corrected chi connectivity index (χ1v) is 6.42. The monoisotopic (exact) mass is 293 g/mol. The fourth-order valence-corrected chi connectivity index (χ4v) is 2.23. The Morgan fingerprint density at radius 1 is 1.25 bits per heavy atom. The van der Waals surface area contributed by atoms with Crippen molar-refractivity contribution < 1.29 is 18.7 Å². The normalized spacial score (nSPS) is 9.75. The highest BCUT2D eigenvalue weighted by Gasteiger charge is 2.10. The Hall–Kier alpha value is -2.23. The summed E-state index contributed by atoms with van der Waals surface area (Å²) in [6.45, 7) is -0.262. The first kappa shape index (κ1) is 14.2. The molecule has 0 saturated carbocycles. The molecule has 0 aliphatic heterocycles. The van der Waals surface area contributed by atoms with E-state index < -0.39 is 17.5 Å². The predicted octanol–water partition coefficient (Wildman–Crippen LogP) is 2.62. The SMILES string of the molecule is O=C(Nc1cc(F)cc(F)c1)c1csc(C#CCO)c1. The van der Waals surface area contributed by atoms with Gasteiger partial charge in [0.1, 0.15) is 18.2 Å². The lowest BCUT2D eigenvalue weighted by atomic mass is 10.2. The molecule has 0 bridgehead atoms. The summed E-state index contributed by atoms with van der Waals surface area (Å²) in [6, 6.07) is 4.32. The summed E-state index contributed by atoms with van der Waals surface area (Å²) in [7, 11) is 0. The standard InChI is InChI=1S/C14H9F2NO2S/c15-10-5-11(16)7-12(6-10)17-14(19)9-4-13(20-8-9)2-1-3-18/h4-8,18H,3H2,(H,17,19). The molecule has 0 spiro atoms. The molecule has 1 aromatic heterocycles. The highest BCUT2D eigenvalue weighted by Crippen LogP contribution is 2.17. The number of amides is 1. The smallest absolute Gasteiger partial charge is 0.256 e. The van der Waals surface area contributed by atoms with E-state index in [0.29, 0.717) is 10.4 Å². The molecule has 0 aliphatic carbocycles. The van der Waals surface area contributed by atoms with E-state index >= 15 is 0 Å². The molecule has 1 aromatic carbocycles. The van der Waals surface area contributed by atoms with Crippen LogP contribution in [-0.4, -0.2) is 17.6 Å². The number of carbonyl (C=O) groups is 1. The molecule has 3 nitrogen and oxygen atoms in total. The number of thiophene rings is 1. The van der Waals surface area contributed by atoms with Gasteiger partial charge >= 0.3 is 0 Å². The van der Waals surface area contributed by atoms with Crippen LogP contribution in [0.5, 0.6) is 0 Å². The molecule has 2 aromatic rings. The molecule has 1 amide bonds. The largest absolute Gasteiger partial charge is 0.384 e. The van der Waals surface area contributed by atoms with Gasteiger partial charge in [-0.1, -0.05) is 11.8 Å². The van der Waals surface area contributed by atoms with Gasteiger partial charge in [-0.15, -0.1) is 11.3 Å². The van der Waals surface area contributed by atoms with Crippen molar-refractivity contribution in [2.75, 3.05) is 11.9 Å². The van der Waals surface area contributed by atoms with Gasteiger partial charge in [0.05, 0.1) is 10.4 Å². The van der Waals surface area contributed by atoms with Crippen molar-refractivity contribution in [1.29, 1.82) is 0 Å². The third-order valence-corrected chi connectivity index (χ3v) is 3.12. The lowest BCUT2D eigenvalue weighted by Crippen LogP contribution is -2.11. The third-order valence-electron chi connectivity index (χ3n) is 2.27. The Bertz CT molecular complexity index is 680. The Labute approximate surface area is 117 Å². The van der Waals surface area contributed by atoms with Crippen LogP contribution in [0.15, 0.2) is 29.6 Å². The van der Waals surface area contributed by atoms with Crippen LogP contribution in [0.3, 0.4) is 0 Å². The van der Waals surface area contributed by atoms with Crippen LogP contribution in [0, 0.1) is 23.5 Å². The Morgan fingerprint density at radius 2 is 1.95 bits per heavy atom. The van der Waals surface area contributed by atoms with E-state index in [1.807, 2.05) is 0 Å². The average molecular weight is 293 g/mol. The molecule has 6 heteroatoms. The zero-order valence-electron chi connectivity index (χ0n) is 10.1. The molecule has 0 fully saturated rings. The molecule has 20 heavy (non-hydrogen) atoms. The Kier molecular flexibility index (Phi) is 4.45. The maximum absolute atomic E-state index is 13.0. The summed E-state index contributed by atoms with van der Waals surface area (Å²) < 4.78 is 26.0. The molecule has 0 unspecified atom stereocenters. The number of hydrogen-bond donors (Lipinski definition) is 2. The quantitative estimate of drug-likeness (QED) is 0.836. The van der Waals surface area contributed by atoms with Crippen molar-refractivity contribution in [2.24, 2.45) is 0 Å². The van der Waals surface area contributed by atoms with Crippen molar-refractivity contribution in [1.82, 2.24) is 0 Å². The van der Waals surface area contributed by atoms with Crippen LogP contribution in [0.4, 0.5) is 14.5 Å². The topological polar surface area (TPSA) is 49.3 Å². The zero-order valence-corrected chi connectivity index (χ0v) is 10.9. The third kappa shape index (κ3) is 3.63. The highest BCUT2D eigenvalue weighted by molar-refractivity contribution is 7.10. The average Bonchev–Trinajstić information content (AvgIpc) is 2.83. The number of carbonyl (C=O) groups excluding carboxylic acids is 1. The van der Waals surface area contributed by atoms with Crippen LogP contribution in [-0.2, 0) is 0 Å². The van der Waals surface area contributed by atoms with Gasteiger partial charge in [0.15, 0.2) is 0 Å². The van der Waals surface area contributed by atoms with E-state index in [9.17, 15) is 13.6 Å². The van der Waals surface area contributed by atoms with Crippen molar-refractivity contribution in [3.63, 3.8) is 0 Å². The molecule has 102 valence electrons. The lowest BCUT2D eigenvalue weighted by Gasteiger charge is -2.03. The molecule has 2 N–H and O–H groups in total. The second-order valence-corrected chi connectivity index (χ2v) is 4.68. The number of nitrogens with one attached hydrogen (secondary N) is 1. The summed E-state index contributed by atoms with van der Waals surface area (Å²) in [4.78, 5) is 12.5. The molecule has 0 atom stereocenters. The number of benzene rings is 1.